The predicted molar refractivity (Wildman–Crippen MR) is 122 cm³/mol. The van der Waals surface area contributed by atoms with E-state index in [0.29, 0.717) is 30.2 Å². The molecule has 0 radical (unpaired) electrons. The summed E-state index contributed by atoms with van der Waals surface area (Å²) >= 11 is 6.25. The molecule has 1 heterocycles. The Morgan fingerprint density at radius 2 is 2.10 bits per heavy atom. The van der Waals surface area contributed by atoms with E-state index in [2.05, 4.69) is 39.7 Å². The maximum absolute atomic E-state index is 10.1. The van der Waals surface area contributed by atoms with E-state index in [4.69, 9.17) is 16.3 Å². The standard InChI is InChI=1S/C23H31ClN4O2/c1-25-23(27-15-18-13-20(30-3)9-10-21(18)29)26-14-17-7-5-11-28(2)22(17)16-6-4-8-19(24)12-16/h4,6,8-10,12-13,17,22,29H,5,7,11,14-15H2,1-3H3,(H2,25,26,27). The van der Waals surface area contributed by atoms with Gasteiger partial charge in [-0.05, 0) is 68.2 Å². The van der Waals surface area contributed by atoms with Crippen LogP contribution in [0.4, 0.5) is 0 Å². The summed E-state index contributed by atoms with van der Waals surface area (Å²) in [5, 5.41) is 17.6. The summed E-state index contributed by atoms with van der Waals surface area (Å²) < 4.78 is 5.24. The molecule has 0 bridgehead atoms. The molecule has 0 amide bonds. The Labute approximate surface area is 183 Å². The lowest BCUT2D eigenvalue weighted by Crippen LogP contribution is -2.44. The van der Waals surface area contributed by atoms with E-state index in [1.165, 1.54) is 12.0 Å². The molecule has 6 nitrogen and oxygen atoms in total. The van der Waals surface area contributed by atoms with Gasteiger partial charge in [0, 0.05) is 36.8 Å². The number of phenolic OH excluding ortho intramolecular Hbond substituents is 1. The normalized spacial score (nSPS) is 20.1. The number of phenols is 1. The predicted octanol–water partition coefficient (Wildman–Crippen LogP) is 3.80. The van der Waals surface area contributed by atoms with Crippen molar-refractivity contribution in [1.82, 2.24) is 15.5 Å². The number of aliphatic imine (C=N–C) groups is 1. The zero-order valence-corrected chi connectivity index (χ0v) is 18.6. The first-order valence-electron chi connectivity index (χ1n) is 10.3. The van der Waals surface area contributed by atoms with E-state index < -0.39 is 0 Å². The highest BCUT2D eigenvalue weighted by molar-refractivity contribution is 6.30. The second kappa shape index (κ2) is 10.5. The van der Waals surface area contributed by atoms with Gasteiger partial charge < -0.3 is 20.5 Å². The summed E-state index contributed by atoms with van der Waals surface area (Å²) in [5.41, 5.74) is 2.01. The molecule has 1 fully saturated rings. The highest BCUT2D eigenvalue weighted by atomic mass is 35.5. The summed E-state index contributed by atoms with van der Waals surface area (Å²) in [5.74, 6) is 2.08. The Morgan fingerprint density at radius 3 is 2.83 bits per heavy atom. The minimum Gasteiger partial charge on any atom is -0.508 e. The summed E-state index contributed by atoms with van der Waals surface area (Å²) in [6.45, 7) is 2.33. The van der Waals surface area contributed by atoms with Gasteiger partial charge in [0.05, 0.1) is 7.11 Å². The number of benzene rings is 2. The molecule has 3 rings (SSSR count). The Kier molecular flexibility index (Phi) is 7.82. The number of nitrogens with zero attached hydrogens (tertiary/aromatic N) is 2. The number of hydrogen-bond donors (Lipinski definition) is 3. The summed E-state index contributed by atoms with van der Waals surface area (Å²) in [6.07, 6.45) is 2.31. The number of aromatic hydroxyl groups is 1. The minimum absolute atomic E-state index is 0.230. The molecule has 2 aromatic carbocycles. The van der Waals surface area contributed by atoms with Crippen molar-refractivity contribution in [2.45, 2.75) is 25.4 Å². The molecular weight excluding hydrogens is 400 g/mol. The van der Waals surface area contributed by atoms with Crippen molar-refractivity contribution in [3.8, 4) is 11.5 Å². The van der Waals surface area contributed by atoms with Gasteiger partial charge in [-0.2, -0.15) is 0 Å². The Morgan fingerprint density at radius 1 is 1.27 bits per heavy atom. The van der Waals surface area contributed by atoms with Crippen LogP contribution in [0.15, 0.2) is 47.5 Å². The second-order valence-corrected chi connectivity index (χ2v) is 8.12. The Bertz CT molecular complexity index is 874. The first-order valence-corrected chi connectivity index (χ1v) is 10.7. The summed E-state index contributed by atoms with van der Waals surface area (Å²) in [6, 6.07) is 13.7. The zero-order valence-electron chi connectivity index (χ0n) is 17.9. The number of guanidine groups is 1. The van der Waals surface area contributed by atoms with Gasteiger partial charge in [0.15, 0.2) is 5.96 Å². The van der Waals surface area contributed by atoms with Gasteiger partial charge in [0.1, 0.15) is 11.5 Å². The Hall–Kier alpha value is -2.44. The number of rotatable bonds is 6. The van der Waals surface area contributed by atoms with Gasteiger partial charge in [0.2, 0.25) is 0 Å². The van der Waals surface area contributed by atoms with Gasteiger partial charge in [-0.3, -0.25) is 9.89 Å². The second-order valence-electron chi connectivity index (χ2n) is 7.68. The van der Waals surface area contributed by atoms with Gasteiger partial charge in [0.25, 0.3) is 0 Å². The van der Waals surface area contributed by atoms with Crippen molar-refractivity contribution < 1.29 is 9.84 Å². The van der Waals surface area contributed by atoms with Crippen molar-refractivity contribution in [2.75, 3.05) is 34.3 Å². The van der Waals surface area contributed by atoms with Crippen LogP contribution in [-0.4, -0.2) is 50.3 Å². The number of hydrogen-bond acceptors (Lipinski definition) is 4. The van der Waals surface area contributed by atoms with Crippen molar-refractivity contribution in [3.63, 3.8) is 0 Å². The molecule has 7 heteroatoms. The van der Waals surface area contributed by atoms with Crippen LogP contribution in [0.5, 0.6) is 11.5 Å². The minimum atomic E-state index is 0.230. The average Bonchev–Trinajstić information content (AvgIpc) is 2.75. The fourth-order valence-electron chi connectivity index (χ4n) is 4.15. The van der Waals surface area contributed by atoms with Gasteiger partial charge in [-0.1, -0.05) is 23.7 Å². The topological polar surface area (TPSA) is 69.1 Å². The van der Waals surface area contributed by atoms with Crippen molar-refractivity contribution >= 4 is 17.6 Å². The lowest BCUT2D eigenvalue weighted by Gasteiger charge is -2.40. The van der Waals surface area contributed by atoms with Gasteiger partial charge in [-0.15, -0.1) is 0 Å². The number of methoxy groups -OCH3 is 1. The van der Waals surface area contributed by atoms with Crippen LogP contribution in [-0.2, 0) is 6.54 Å². The number of nitrogens with one attached hydrogen (secondary N) is 2. The van der Waals surface area contributed by atoms with Crippen LogP contribution in [0.3, 0.4) is 0 Å². The third kappa shape index (κ3) is 5.58. The lowest BCUT2D eigenvalue weighted by atomic mass is 9.85. The fourth-order valence-corrected chi connectivity index (χ4v) is 4.35. The van der Waals surface area contributed by atoms with E-state index >= 15 is 0 Å². The molecule has 0 aliphatic carbocycles. The number of likely N-dealkylation sites (tertiary alicyclic amines) is 1. The summed E-state index contributed by atoms with van der Waals surface area (Å²) in [4.78, 5) is 6.75. The lowest BCUT2D eigenvalue weighted by molar-refractivity contribution is 0.122. The zero-order chi connectivity index (χ0) is 21.5. The first kappa shape index (κ1) is 22.2. The third-order valence-corrected chi connectivity index (χ3v) is 5.92. The quantitative estimate of drug-likeness (QED) is 0.480. The molecular formula is C23H31ClN4O2. The molecule has 1 aliphatic rings. The first-order chi connectivity index (χ1) is 14.5. The Balaban J connectivity index is 1.63. The monoisotopic (exact) mass is 430 g/mol. The van der Waals surface area contributed by atoms with E-state index in [1.807, 2.05) is 18.2 Å². The van der Waals surface area contributed by atoms with E-state index in [1.54, 1.807) is 26.3 Å². The van der Waals surface area contributed by atoms with E-state index in [9.17, 15) is 5.11 Å². The van der Waals surface area contributed by atoms with Gasteiger partial charge in [-0.25, -0.2) is 0 Å². The highest BCUT2D eigenvalue weighted by Crippen LogP contribution is 2.35. The molecule has 162 valence electrons. The molecule has 2 atom stereocenters. The van der Waals surface area contributed by atoms with Crippen LogP contribution in [0.2, 0.25) is 5.02 Å². The number of piperidine rings is 1. The van der Waals surface area contributed by atoms with Crippen LogP contribution in [0.1, 0.15) is 30.0 Å². The molecule has 0 saturated carbocycles. The van der Waals surface area contributed by atoms with Gasteiger partial charge >= 0.3 is 0 Å². The van der Waals surface area contributed by atoms with Crippen molar-refractivity contribution in [1.29, 1.82) is 0 Å². The third-order valence-electron chi connectivity index (χ3n) is 5.69. The molecule has 1 aliphatic heterocycles. The molecule has 2 unspecified atom stereocenters. The maximum Gasteiger partial charge on any atom is 0.191 e. The fraction of sp³-hybridized carbons (Fsp3) is 0.435. The van der Waals surface area contributed by atoms with Crippen LogP contribution in [0.25, 0.3) is 0 Å². The van der Waals surface area contributed by atoms with Crippen molar-refractivity contribution in [2.24, 2.45) is 10.9 Å². The van der Waals surface area contributed by atoms with E-state index in [-0.39, 0.29) is 5.75 Å². The molecule has 2 aromatic rings. The van der Waals surface area contributed by atoms with Crippen molar-refractivity contribution in [3.05, 3.63) is 58.6 Å². The molecule has 30 heavy (non-hydrogen) atoms. The number of ether oxygens (including phenoxy) is 1. The smallest absolute Gasteiger partial charge is 0.191 e. The molecule has 0 aromatic heterocycles. The summed E-state index contributed by atoms with van der Waals surface area (Å²) in [7, 11) is 5.54. The number of halogens is 1. The molecule has 0 spiro atoms. The highest BCUT2D eigenvalue weighted by Gasteiger charge is 2.30. The van der Waals surface area contributed by atoms with Crippen LogP contribution < -0.4 is 15.4 Å². The van der Waals surface area contributed by atoms with Crippen LogP contribution in [0, 0.1) is 5.92 Å². The SMILES string of the molecule is CN=C(NCc1cc(OC)ccc1O)NCC1CCCN(C)C1c1cccc(Cl)c1. The van der Waals surface area contributed by atoms with Crippen LogP contribution >= 0.6 is 11.6 Å². The molecule has 3 N–H and O–H groups in total. The van der Waals surface area contributed by atoms with E-state index in [0.717, 1.165) is 30.1 Å². The maximum atomic E-state index is 10.1. The largest absolute Gasteiger partial charge is 0.508 e. The molecule has 1 saturated heterocycles. The average molecular weight is 431 g/mol.